The van der Waals surface area contributed by atoms with Crippen LogP contribution in [0.3, 0.4) is 0 Å². The van der Waals surface area contributed by atoms with Crippen LogP contribution in [0.25, 0.3) is 0 Å². The third kappa shape index (κ3) is 3.30. The maximum absolute atomic E-state index is 11.4. The second-order valence-electron chi connectivity index (χ2n) is 5.89. The van der Waals surface area contributed by atoms with Gasteiger partial charge in [0.15, 0.2) is 0 Å². The van der Waals surface area contributed by atoms with Crippen LogP contribution in [-0.2, 0) is 0 Å². The molecule has 4 nitrogen and oxygen atoms in total. The van der Waals surface area contributed by atoms with Gasteiger partial charge < -0.3 is 10.4 Å². The lowest BCUT2D eigenvalue weighted by Gasteiger charge is -2.30. The number of carbonyl (C=O) groups is 1. The van der Waals surface area contributed by atoms with Gasteiger partial charge in [0.05, 0.1) is 0 Å². The Hall–Kier alpha value is -1.58. The number of nitrogens with zero attached hydrogens (tertiary/aromatic N) is 1. The van der Waals surface area contributed by atoms with Gasteiger partial charge in [-0.3, -0.25) is 0 Å². The summed E-state index contributed by atoms with van der Waals surface area (Å²) in [5.41, 5.74) is 1.95. The van der Waals surface area contributed by atoms with E-state index >= 15 is 0 Å². The number of nitrogens with one attached hydrogen (secondary N) is 1. The third-order valence-electron chi connectivity index (χ3n) is 4.26. The van der Waals surface area contributed by atoms with Gasteiger partial charge in [0.2, 0.25) is 0 Å². The van der Waals surface area contributed by atoms with Crippen LogP contribution in [-0.4, -0.2) is 22.1 Å². The Morgan fingerprint density at radius 1 is 1.45 bits per heavy atom. The zero-order chi connectivity index (χ0) is 14.7. The standard InChI is InChI=1S/C16H24N2O2/c1-4-12-6-5-7-13(9-12)18-15-14(16(19)20)10(2)8-11(3)17-15/h8,12-13H,4-7,9H2,1-3H3,(H,17,18)(H,19,20). The lowest BCUT2D eigenvalue weighted by atomic mass is 9.84. The maximum Gasteiger partial charge on any atom is 0.339 e. The van der Waals surface area contributed by atoms with Gasteiger partial charge in [0.25, 0.3) is 0 Å². The molecule has 110 valence electrons. The van der Waals surface area contributed by atoms with Gasteiger partial charge in [0, 0.05) is 11.7 Å². The summed E-state index contributed by atoms with van der Waals surface area (Å²) in [5.74, 6) is 0.387. The fourth-order valence-corrected chi connectivity index (χ4v) is 3.20. The quantitative estimate of drug-likeness (QED) is 0.878. The molecular weight excluding hydrogens is 252 g/mol. The van der Waals surface area contributed by atoms with Crippen molar-refractivity contribution in [1.29, 1.82) is 0 Å². The Kier molecular flexibility index (Phi) is 4.63. The van der Waals surface area contributed by atoms with Crippen LogP contribution in [0.2, 0.25) is 0 Å². The van der Waals surface area contributed by atoms with Crippen LogP contribution in [0.5, 0.6) is 0 Å². The van der Waals surface area contributed by atoms with Crippen molar-refractivity contribution < 1.29 is 9.90 Å². The van der Waals surface area contributed by atoms with Crippen LogP contribution in [0.15, 0.2) is 6.07 Å². The number of rotatable bonds is 4. The number of aromatic nitrogens is 1. The number of carboxylic acids is 1. The van der Waals surface area contributed by atoms with Gasteiger partial charge in [0.1, 0.15) is 11.4 Å². The monoisotopic (exact) mass is 276 g/mol. The molecule has 2 unspecified atom stereocenters. The van der Waals surface area contributed by atoms with Crippen LogP contribution in [0.4, 0.5) is 5.82 Å². The molecule has 0 spiro atoms. The van der Waals surface area contributed by atoms with Gasteiger partial charge in [-0.05, 0) is 44.2 Å². The van der Waals surface area contributed by atoms with Gasteiger partial charge in [-0.2, -0.15) is 0 Å². The van der Waals surface area contributed by atoms with Crippen molar-refractivity contribution in [1.82, 2.24) is 4.98 Å². The van der Waals surface area contributed by atoms with Crippen LogP contribution in [0.1, 0.15) is 60.6 Å². The molecule has 0 amide bonds. The Morgan fingerprint density at radius 3 is 2.85 bits per heavy atom. The second-order valence-corrected chi connectivity index (χ2v) is 5.89. The normalized spacial score (nSPS) is 22.6. The summed E-state index contributed by atoms with van der Waals surface area (Å²) < 4.78 is 0. The van der Waals surface area contributed by atoms with Crippen LogP contribution < -0.4 is 5.32 Å². The average Bonchev–Trinajstić information content (AvgIpc) is 2.37. The molecule has 0 aromatic carbocycles. The highest BCUT2D eigenvalue weighted by atomic mass is 16.4. The summed E-state index contributed by atoms with van der Waals surface area (Å²) in [6.45, 7) is 5.96. The molecular formula is C16H24N2O2. The first-order valence-electron chi connectivity index (χ1n) is 7.49. The van der Waals surface area contributed by atoms with E-state index in [2.05, 4.69) is 17.2 Å². The highest BCUT2D eigenvalue weighted by Gasteiger charge is 2.23. The van der Waals surface area contributed by atoms with Crippen molar-refractivity contribution in [2.75, 3.05) is 5.32 Å². The number of hydrogen-bond donors (Lipinski definition) is 2. The van der Waals surface area contributed by atoms with Gasteiger partial charge in [-0.1, -0.05) is 26.2 Å². The minimum atomic E-state index is -0.902. The van der Waals surface area contributed by atoms with E-state index in [4.69, 9.17) is 0 Å². The number of pyridine rings is 1. The summed E-state index contributed by atoms with van der Waals surface area (Å²) in [6.07, 6.45) is 5.92. The van der Waals surface area contributed by atoms with Crippen molar-refractivity contribution >= 4 is 11.8 Å². The van der Waals surface area contributed by atoms with Crippen molar-refractivity contribution in [3.8, 4) is 0 Å². The van der Waals surface area contributed by atoms with Gasteiger partial charge >= 0.3 is 5.97 Å². The topological polar surface area (TPSA) is 62.2 Å². The molecule has 0 bridgehead atoms. The van der Waals surface area contributed by atoms with E-state index in [1.165, 1.54) is 19.3 Å². The first kappa shape index (κ1) is 14.8. The molecule has 0 saturated heterocycles. The number of anilines is 1. The first-order valence-corrected chi connectivity index (χ1v) is 7.49. The molecule has 1 aromatic rings. The van der Waals surface area contributed by atoms with E-state index in [0.717, 1.165) is 30.0 Å². The minimum Gasteiger partial charge on any atom is -0.478 e. The molecule has 20 heavy (non-hydrogen) atoms. The second kappa shape index (κ2) is 6.25. The first-order chi connectivity index (χ1) is 9.51. The van der Waals surface area contributed by atoms with E-state index in [1.807, 2.05) is 19.9 Å². The zero-order valence-electron chi connectivity index (χ0n) is 12.6. The summed E-state index contributed by atoms with van der Waals surface area (Å²) in [5, 5.41) is 12.8. The van der Waals surface area contributed by atoms with Gasteiger partial charge in [-0.25, -0.2) is 9.78 Å². The summed E-state index contributed by atoms with van der Waals surface area (Å²) >= 11 is 0. The largest absolute Gasteiger partial charge is 0.478 e. The Morgan fingerprint density at radius 2 is 2.20 bits per heavy atom. The maximum atomic E-state index is 11.4. The lowest BCUT2D eigenvalue weighted by Crippen LogP contribution is -2.28. The SMILES string of the molecule is CCC1CCCC(Nc2nc(C)cc(C)c2C(=O)O)C1. The fraction of sp³-hybridized carbons (Fsp3) is 0.625. The summed E-state index contributed by atoms with van der Waals surface area (Å²) in [6, 6.07) is 2.17. The van der Waals surface area contributed by atoms with E-state index in [0.29, 0.717) is 17.4 Å². The van der Waals surface area contributed by atoms with Crippen LogP contribution >= 0.6 is 0 Å². The van der Waals surface area contributed by atoms with E-state index < -0.39 is 5.97 Å². The number of carboxylic acid groups (broad SMARTS) is 1. The predicted octanol–water partition coefficient (Wildman–Crippen LogP) is 3.78. The van der Waals surface area contributed by atoms with Crippen molar-refractivity contribution in [3.05, 3.63) is 22.9 Å². The molecule has 1 heterocycles. The van der Waals surface area contributed by atoms with Crippen molar-refractivity contribution in [2.24, 2.45) is 5.92 Å². The predicted molar refractivity (Wildman–Crippen MR) is 80.3 cm³/mol. The van der Waals surface area contributed by atoms with Crippen molar-refractivity contribution in [2.45, 2.75) is 58.9 Å². The summed E-state index contributed by atoms with van der Waals surface area (Å²) in [4.78, 5) is 15.8. The number of hydrogen-bond acceptors (Lipinski definition) is 3. The Balaban J connectivity index is 2.22. The molecule has 2 atom stereocenters. The zero-order valence-corrected chi connectivity index (χ0v) is 12.6. The highest BCUT2D eigenvalue weighted by molar-refractivity contribution is 5.94. The minimum absolute atomic E-state index is 0.314. The third-order valence-corrected chi connectivity index (χ3v) is 4.26. The van der Waals surface area contributed by atoms with Crippen molar-refractivity contribution in [3.63, 3.8) is 0 Å². The average molecular weight is 276 g/mol. The molecule has 1 aliphatic rings. The summed E-state index contributed by atoms with van der Waals surface area (Å²) in [7, 11) is 0. The Bertz CT molecular complexity index is 499. The fourth-order valence-electron chi connectivity index (χ4n) is 3.20. The molecule has 0 radical (unpaired) electrons. The molecule has 1 aliphatic carbocycles. The molecule has 1 aromatic heterocycles. The van der Waals surface area contributed by atoms with Crippen LogP contribution in [0, 0.1) is 19.8 Å². The molecule has 2 rings (SSSR count). The number of aromatic carboxylic acids is 1. The molecule has 2 N–H and O–H groups in total. The lowest BCUT2D eigenvalue weighted by molar-refractivity contribution is 0.0696. The molecule has 1 saturated carbocycles. The molecule has 0 aliphatic heterocycles. The molecule has 4 heteroatoms. The molecule has 1 fully saturated rings. The van der Waals surface area contributed by atoms with E-state index in [-0.39, 0.29) is 0 Å². The highest BCUT2D eigenvalue weighted by Crippen LogP contribution is 2.29. The Labute approximate surface area is 120 Å². The number of aryl methyl sites for hydroxylation is 2. The smallest absolute Gasteiger partial charge is 0.339 e. The van der Waals surface area contributed by atoms with Gasteiger partial charge in [-0.15, -0.1) is 0 Å². The van der Waals surface area contributed by atoms with E-state index in [9.17, 15) is 9.90 Å². The van der Waals surface area contributed by atoms with E-state index in [1.54, 1.807) is 0 Å².